The number of nitrogens with zero attached hydrogens (tertiary/aromatic N) is 2. The van der Waals surface area contributed by atoms with E-state index in [2.05, 4.69) is 4.98 Å². The summed E-state index contributed by atoms with van der Waals surface area (Å²) < 4.78 is 37.2. The molecule has 0 bridgehead atoms. The highest BCUT2D eigenvalue weighted by atomic mass is 35.5. The number of hydrogen-bond acceptors (Lipinski definition) is 3. The Kier molecular flexibility index (Phi) is 4.34. The lowest BCUT2D eigenvalue weighted by atomic mass is 10.1. The van der Waals surface area contributed by atoms with E-state index in [1.165, 1.54) is 6.20 Å². The summed E-state index contributed by atoms with van der Waals surface area (Å²) in [6.45, 7) is 0. The molecule has 18 heavy (non-hydrogen) atoms. The van der Waals surface area contributed by atoms with Gasteiger partial charge in [-0.25, -0.2) is 0 Å². The van der Waals surface area contributed by atoms with Crippen LogP contribution in [-0.4, -0.2) is 30.3 Å². The van der Waals surface area contributed by atoms with Crippen molar-refractivity contribution in [1.29, 1.82) is 0 Å². The van der Waals surface area contributed by atoms with Crippen molar-refractivity contribution in [3.8, 4) is 0 Å². The fraction of sp³-hybridized carbons (Fsp3) is 0.273. The molecule has 0 unspecified atom stereocenters. The van der Waals surface area contributed by atoms with Crippen molar-refractivity contribution in [3.05, 3.63) is 34.7 Å². The minimum atomic E-state index is -4.51. The predicted octanol–water partition coefficient (Wildman–Crippen LogP) is 2.86. The lowest BCUT2D eigenvalue weighted by Gasteiger charge is -2.10. The Bertz CT molecular complexity index is 484. The fourth-order valence-electron chi connectivity index (χ4n) is 1.23. The van der Waals surface area contributed by atoms with Crippen molar-refractivity contribution in [2.75, 3.05) is 14.1 Å². The Morgan fingerprint density at radius 2 is 2.06 bits per heavy atom. The second kappa shape index (κ2) is 5.39. The molecule has 0 atom stereocenters. The second-order valence-electron chi connectivity index (χ2n) is 3.72. The summed E-state index contributed by atoms with van der Waals surface area (Å²) in [5.41, 5.74) is -0.821. The monoisotopic (exact) mass is 278 g/mol. The van der Waals surface area contributed by atoms with Gasteiger partial charge in [-0.1, -0.05) is 11.6 Å². The number of hydrogen-bond donors (Lipinski definition) is 0. The van der Waals surface area contributed by atoms with Gasteiger partial charge < -0.3 is 4.90 Å². The van der Waals surface area contributed by atoms with Crippen LogP contribution in [0.1, 0.15) is 11.3 Å². The van der Waals surface area contributed by atoms with Crippen molar-refractivity contribution in [2.24, 2.45) is 0 Å². The summed E-state index contributed by atoms with van der Waals surface area (Å²) in [4.78, 5) is 16.0. The van der Waals surface area contributed by atoms with Crippen LogP contribution in [-0.2, 0) is 11.0 Å². The number of carbonyl (C=O) groups is 1. The number of alkyl halides is 3. The maximum atomic E-state index is 12.4. The Hall–Kier alpha value is -1.56. The molecule has 1 heterocycles. The number of aromatic nitrogens is 1. The van der Waals surface area contributed by atoms with Crippen molar-refractivity contribution in [2.45, 2.75) is 6.18 Å². The molecule has 0 fully saturated rings. The molecule has 0 aromatic carbocycles. The highest BCUT2D eigenvalue weighted by Crippen LogP contribution is 2.32. The first kappa shape index (κ1) is 14.5. The van der Waals surface area contributed by atoms with Gasteiger partial charge in [0, 0.05) is 26.5 Å². The number of carbonyl (C=O) groups excluding carboxylic acids is 1. The lowest BCUT2D eigenvalue weighted by molar-refractivity contribution is -0.137. The average molecular weight is 279 g/mol. The van der Waals surface area contributed by atoms with Gasteiger partial charge in [0.2, 0.25) is 0 Å². The van der Waals surface area contributed by atoms with Crippen molar-refractivity contribution in [1.82, 2.24) is 9.88 Å². The van der Waals surface area contributed by atoms with Crippen LogP contribution < -0.4 is 0 Å². The molecule has 1 aromatic heterocycles. The predicted molar refractivity (Wildman–Crippen MR) is 62.0 cm³/mol. The van der Waals surface area contributed by atoms with Crippen LogP contribution in [0.25, 0.3) is 5.57 Å². The normalized spacial score (nSPS) is 12.4. The Morgan fingerprint density at radius 1 is 1.44 bits per heavy atom. The number of halogens is 4. The lowest BCUT2D eigenvalue weighted by Crippen LogP contribution is -2.08. The summed E-state index contributed by atoms with van der Waals surface area (Å²) in [7, 11) is 3.34. The maximum Gasteiger partial charge on any atom is 0.417 e. The first-order valence-electron chi connectivity index (χ1n) is 4.82. The minimum Gasteiger partial charge on any atom is -0.383 e. The first-order chi connectivity index (χ1) is 8.25. The average Bonchev–Trinajstić information content (AvgIpc) is 2.24. The van der Waals surface area contributed by atoms with E-state index in [0.29, 0.717) is 12.5 Å². The molecule has 3 nitrogen and oxygen atoms in total. The Labute approximate surface area is 107 Å². The van der Waals surface area contributed by atoms with E-state index in [1.54, 1.807) is 19.0 Å². The van der Waals surface area contributed by atoms with E-state index in [-0.39, 0.29) is 16.3 Å². The largest absolute Gasteiger partial charge is 0.417 e. The Balaban J connectivity index is 3.24. The minimum absolute atomic E-state index is 0.0216. The van der Waals surface area contributed by atoms with Gasteiger partial charge >= 0.3 is 6.18 Å². The van der Waals surface area contributed by atoms with E-state index in [0.717, 1.165) is 6.07 Å². The third kappa shape index (κ3) is 3.46. The smallest absolute Gasteiger partial charge is 0.383 e. The summed E-state index contributed by atoms with van der Waals surface area (Å²) in [6, 6.07) is 0.747. The van der Waals surface area contributed by atoms with Gasteiger partial charge in [-0.05, 0) is 6.07 Å². The highest BCUT2D eigenvalue weighted by Gasteiger charge is 2.31. The van der Waals surface area contributed by atoms with Gasteiger partial charge in [-0.2, -0.15) is 13.2 Å². The van der Waals surface area contributed by atoms with E-state index < -0.39 is 11.7 Å². The summed E-state index contributed by atoms with van der Waals surface area (Å²) in [5, 5.41) is -0.218. The molecule has 98 valence electrons. The molecule has 0 aliphatic carbocycles. The van der Waals surface area contributed by atoms with E-state index in [9.17, 15) is 18.0 Å². The third-order valence-corrected chi connectivity index (χ3v) is 2.25. The number of rotatable bonds is 3. The van der Waals surface area contributed by atoms with Crippen molar-refractivity contribution < 1.29 is 18.0 Å². The van der Waals surface area contributed by atoms with Crippen LogP contribution in [0.2, 0.25) is 5.02 Å². The molecule has 0 spiro atoms. The SMILES string of the molecule is CN(C)/C=C(/C=O)c1ncc(C(F)(F)F)cc1Cl. The van der Waals surface area contributed by atoms with Gasteiger partial charge in [0.1, 0.15) is 0 Å². The maximum absolute atomic E-state index is 12.4. The third-order valence-electron chi connectivity index (χ3n) is 1.97. The van der Waals surface area contributed by atoms with Gasteiger partial charge in [-0.3, -0.25) is 9.78 Å². The summed E-state index contributed by atoms with van der Waals surface area (Å²) in [5.74, 6) is 0. The molecule has 1 rings (SSSR count). The molecule has 0 amide bonds. The molecule has 0 radical (unpaired) electrons. The Morgan fingerprint density at radius 3 is 2.44 bits per heavy atom. The first-order valence-corrected chi connectivity index (χ1v) is 5.20. The van der Waals surface area contributed by atoms with E-state index in [1.807, 2.05) is 0 Å². The molecular formula is C11H10ClF3N2O. The number of aldehydes is 1. The van der Waals surface area contributed by atoms with Crippen molar-refractivity contribution in [3.63, 3.8) is 0 Å². The van der Waals surface area contributed by atoms with Crippen LogP contribution in [0.3, 0.4) is 0 Å². The number of pyridine rings is 1. The molecular weight excluding hydrogens is 269 g/mol. The van der Waals surface area contributed by atoms with Crippen LogP contribution in [0.4, 0.5) is 13.2 Å². The van der Waals surface area contributed by atoms with Gasteiger partial charge in [0.05, 0.1) is 21.9 Å². The van der Waals surface area contributed by atoms with Crippen LogP contribution in [0, 0.1) is 0 Å². The quantitative estimate of drug-likeness (QED) is 0.630. The van der Waals surface area contributed by atoms with Crippen LogP contribution >= 0.6 is 11.6 Å². The van der Waals surface area contributed by atoms with Crippen molar-refractivity contribution >= 4 is 23.5 Å². The molecule has 7 heteroatoms. The second-order valence-corrected chi connectivity index (χ2v) is 4.13. The van der Waals surface area contributed by atoms with Crippen LogP contribution in [0.15, 0.2) is 18.5 Å². The molecule has 0 aliphatic heterocycles. The highest BCUT2D eigenvalue weighted by molar-refractivity contribution is 6.33. The standard InChI is InChI=1S/C11H10ClF3N2O/c1-17(2)5-7(6-18)10-9(12)3-8(4-16-10)11(13,14)15/h3-6H,1-2H3/b7-5-. The van der Waals surface area contributed by atoms with Gasteiger partial charge in [0.25, 0.3) is 0 Å². The molecule has 0 aliphatic rings. The zero-order valence-corrected chi connectivity index (χ0v) is 10.4. The van der Waals surface area contributed by atoms with Crippen LogP contribution in [0.5, 0.6) is 0 Å². The van der Waals surface area contributed by atoms with Gasteiger partial charge in [-0.15, -0.1) is 0 Å². The number of allylic oxidation sites excluding steroid dienone is 1. The zero-order valence-electron chi connectivity index (χ0n) is 9.62. The summed E-state index contributed by atoms with van der Waals surface area (Å²) >= 11 is 5.71. The van der Waals surface area contributed by atoms with Gasteiger partial charge in [0.15, 0.2) is 6.29 Å². The van der Waals surface area contributed by atoms with E-state index >= 15 is 0 Å². The fourth-order valence-corrected chi connectivity index (χ4v) is 1.51. The molecule has 1 aromatic rings. The topological polar surface area (TPSA) is 33.2 Å². The molecule has 0 saturated heterocycles. The molecule has 0 N–H and O–H groups in total. The molecule has 0 saturated carbocycles. The zero-order chi connectivity index (χ0) is 13.9. The van der Waals surface area contributed by atoms with E-state index in [4.69, 9.17) is 11.6 Å². The summed E-state index contributed by atoms with van der Waals surface area (Å²) in [6.07, 6.45) is -1.95.